The highest BCUT2D eigenvalue weighted by molar-refractivity contribution is 6.35. The van der Waals surface area contributed by atoms with E-state index in [0.29, 0.717) is 11.9 Å². The number of nitrogens with zero attached hydrogens (tertiary/aromatic N) is 1. The molecule has 0 spiro atoms. The third-order valence-electron chi connectivity index (χ3n) is 3.55. The van der Waals surface area contributed by atoms with Crippen LogP contribution in [0.4, 0.5) is 0 Å². The van der Waals surface area contributed by atoms with E-state index in [0.717, 1.165) is 16.6 Å². The monoisotopic (exact) mass is 299 g/mol. The van der Waals surface area contributed by atoms with Crippen molar-refractivity contribution >= 4 is 28.5 Å². The normalized spacial score (nSPS) is 11.0. The van der Waals surface area contributed by atoms with Crippen LogP contribution in [-0.4, -0.2) is 15.6 Å². The van der Waals surface area contributed by atoms with Crippen LogP contribution in [0.3, 0.4) is 0 Å². The Labute approximate surface area is 127 Å². The van der Waals surface area contributed by atoms with E-state index in [1.165, 1.54) is 0 Å². The first kappa shape index (κ1) is 13.7. The number of halogens is 1. The lowest BCUT2D eigenvalue weighted by Crippen LogP contribution is -2.01. The third-order valence-corrected chi connectivity index (χ3v) is 3.95. The number of benzene rings is 2. The van der Waals surface area contributed by atoms with E-state index in [2.05, 4.69) is 0 Å². The van der Waals surface area contributed by atoms with Crippen molar-refractivity contribution in [3.05, 3.63) is 70.4 Å². The lowest BCUT2D eigenvalue weighted by molar-refractivity contribution is 0.0699. The van der Waals surface area contributed by atoms with Crippen molar-refractivity contribution in [2.24, 2.45) is 0 Å². The van der Waals surface area contributed by atoms with Gasteiger partial charge >= 0.3 is 5.97 Å². The molecular formula is C17H14ClNO2. The van der Waals surface area contributed by atoms with E-state index in [1.54, 1.807) is 0 Å². The van der Waals surface area contributed by atoms with Crippen molar-refractivity contribution in [2.45, 2.75) is 13.5 Å². The second-order valence-electron chi connectivity index (χ2n) is 5.06. The Morgan fingerprint density at radius 2 is 1.90 bits per heavy atom. The van der Waals surface area contributed by atoms with Crippen molar-refractivity contribution in [3.63, 3.8) is 0 Å². The maximum absolute atomic E-state index is 11.5. The van der Waals surface area contributed by atoms with Gasteiger partial charge in [-0.25, -0.2) is 4.79 Å². The topological polar surface area (TPSA) is 42.2 Å². The van der Waals surface area contributed by atoms with E-state index < -0.39 is 5.97 Å². The van der Waals surface area contributed by atoms with Gasteiger partial charge in [-0.2, -0.15) is 0 Å². The van der Waals surface area contributed by atoms with E-state index in [1.807, 2.05) is 60.0 Å². The average Bonchev–Trinajstić information content (AvgIpc) is 2.72. The second-order valence-corrected chi connectivity index (χ2v) is 5.42. The maximum atomic E-state index is 11.5. The van der Waals surface area contributed by atoms with Crippen LogP contribution in [0.5, 0.6) is 0 Å². The van der Waals surface area contributed by atoms with Gasteiger partial charge in [0.15, 0.2) is 0 Å². The molecule has 0 bridgehead atoms. The molecule has 21 heavy (non-hydrogen) atoms. The van der Waals surface area contributed by atoms with Crippen molar-refractivity contribution in [1.29, 1.82) is 0 Å². The van der Waals surface area contributed by atoms with Crippen LogP contribution < -0.4 is 0 Å². The fraction of sp³-hybridized carbons (Fsp3) is 0.118. The van der Waals surface area contributed by atoms with Crippen molar-refractivity contribution in [2.75, 3.05) is 0 Å². The fourth-order valence-corrected chi connectivity index (χ4v) is 2.89. The summed E-state index contributed by atoms with van der Waals surface area (Å²) in [5.41, 5.74) is 3.10. The summed E-state index contributed by atoms with van der Waals surface area (Å²) in [6, 6.07) is 15.6. The predicted molar refractivity (Wildman–Crippen MR) is 84.2 cm³/mol. The summed E-state index contributed by atoms with van der Waals surface area (Å²) in [6.45, 7) is 2.49. The molecule has 3 nitrogen and oxygen atoms in total. The number of aromatic nitrogens is 1. The molecule has 4 heteroatoms. The summed E-state index contributed by atoms with van der Waals surface area (Å²) >= 11 is 6.33. The Balaban J connectivity index is 2.23. The van der Waals surface area contributed by atoms with Crippen molar-refractivity contribution in [1.82, 2.24) is 4.57 Å². The second kappa shape index (κ2) is 5.26. The summed E-state index contributed by atoms with van der Waals surface area (Å²) in [6.07, 6.45) is 0. The molecule has 0 amide bonds. The number of fused-ring (bicyclic) bond motifs is 1. The van der Waals surface area contributed by atoms with Gasteiger partial charge in [0.05, 0.1) is 5.52 Å². The summed E-state index contributed by atoms with van der Waals surface area (Å²) in [7, 11) is 0. The molecule has 0 radical (unpaired) electrons. The lowest BCUT2D eigenvalue weighted by atomic mass is 10.1. The predicted octanol–water partition coefficient (Wildman–Crippen LogP) is 4.35. The Hall–Kier alpha value is -2.26. The van der Waals surface area contributed by atoms with Crippen LogP contribution in [0, 0.1) is 6.92 Å². The minimum atomic E-state index is -0.998. The summed E-state index contributed by atoms with van der Waals surface area (Å²) in [5.74, 6) is -0.998. The molecule has 3 rings (SSSR count). The van der Waals surface area contributed by atoms with Crippen LogP contribution in [0.1, 0.15) is 21.5 Å². The number of carboxylic acids is 1. The molecule has 1 aromatic heterocycles. The largest absolute Gasteiger partial charge is 0.478 e. The van der Waals surface area contributed by atoms with Gasteiger partial charge in [-0.05, 0) is 24.6 Å². The molecule has 0 atom stereocenters. The Bertz CT molecular complexity index is 822. The molecule has 0 aliphatic rings. The molecule has 0 unspecified atom stereocenters. The van der Waals surface area contributed by atoms with Crippen molar-refractivity contribution in [3.8, 4) is 0 Å². The van der Waals surface area contributed by atoms with Crippen LogP contribution in [-0.2, 0) is 6.54 Å². The van der Waals surface area contributed by atoms with Gasteiger partial charge < -0.3 is 9.67 Å². The summed E-state index contributed by atoms with van der Waals surface area (Å²) in [5, 5.41) is 10.4. The number of aryl methyl sites for hydroxylation is 1. The van der Waals surface area contributed by atoms with Crippen molar-refractivity contribution < 1.29 is 9.90 Å². The number of aromatic carboxylic acids is 1. The maximum Gasteiger partial charge on any atom is 0.339 e. The van der Waals surface area contributed by atoms with Gasteiger partial charge in [0, 0.05) is 11.9 Å². The van der Waals surface area contributed by atoms with Gasteiger partial charge in [0.25, 0.3) is 0 Å². The van der Waals surface area contributed by atoms with Gasteiger partial charge in [0.1, 0.15) is 10.7 Å². The highest BCUT2D eigenvalue weighted by Gasteiger charge is 2.21. The highest BCUT2D eigenvalue weighted by atomic mass is 35.5. The van der Waals surface area contributed by atoms with Gasteiger partial charge in [-0.1, -0.05) is 53.6 Å². The molecule has 0 saturated heterocycles. The average molecular weight is 300 g/mol. The Kier molecular flexibility index (Phi) is 3.43. The first-order chi connectivity index (χ1) is 10.1. The van der Waals surface area contributed by atoms with Gasteiger partial charge in [0.2, 0.25) is 0 Å². The fourth-order valence-electron chi connectivity index (χ4n) is 2.56. The number of hydrogen-bond donors (Lipinski definition) is 1. The molecule has 1 N–H and O–H groups in total. The smallest absolute Gasteiger partial charge is 0.339 e. The first-order valence-electron chi connectivity index (χ1n) is 6.63. The molecule has 0 aliphatic heterocycles. The first-order valence-corrected chi connectivity index (χ1v) is 7.01. The minimum Gasteiger partial charge on any atom is -0.478 e. The number of carboxylic acid groups (broad SMARTS) is 1. The number of carbonyl (C=O) groups is 1. The SMILES string of the molecule is Cc1ccc2c(c1)c(C(=O)O)c(Cl)n2Cc1ccccc1. The number of rotatable bonds is 3. The van der Waals surface area contributed by atoms with Crippen LogP contribution >= 0.6 is 11.6 Å². The van der Waals surface area contributed by atoms with E-state index in [4.69, 9.17) is 11.6 Å². The molecule has 106 valence electrons. The zero-order valence-corrected chi connectivity index (χ0v) is 12.3. The van der Waals surface area contributed by atoms with E-state index in [-0.39, 0.29) is 10.7 Å². The third kappa shape index (κ3) is 2.41. The molecule has 0 aliphatic carbocycles. The molecule has 3 aromatic rings. The van der Waals surface area contributed by atoms with E-state index >= 15 is 0 Å². The van der Waals surface area contributed by atoms with Crippen LogP contribution in [0.15, 0.2) is 48.5 Å². The Morgan fingerprint density at radius 3 is 2.57 bits per heavy atom. The molecule has 1 heterocycles. The number of hydrogen-bond acceptors (Lipinski definition) is 1. The standard InChI is InChI=1S/C17H14ClNO2/c1-11-7-8-14-13(9-11)15(17(20)21)16(18)19(14)10-12-5-3-2-4-6-12/h2-9H,10H2,1H3,(H,20,21). The summed E-state index contributed by atoms with van der Waals surface area (Å²) in [4.78, 5) is 11.5. The molecular weight excluding hydrogens is 286 g/mol. The molecule has 2 aromatic carbocycles. The Morgan fingerprint density at radius 1 is 1.19 bits per heavy atom. The van der Waals surface area contributed by atoms with Gasteiger partial charge in [-0.3, -0.25) is 0 Å². The zero-order valence-electron chi connectivity index (χ0n) is 11.5. The quantitative estimate of drug-likeness (QED) is 0.781. The zero-order chi connectivity index (χ0) is 15.0. The van der Waals surface area contributed by atoms with Crippen LogP contribution in [0.2, 0.25) is 5.15 Å². The minimum absolute atomic E-state index is 0.172. The van der Waals surface area contributed by atoms with Gasteiger partial charge in [-0.15, -0.1) is 0 Å². The highest BCUT2D eigenvalue weighted by Crippen LogP contribution is 2.31. The summed E-state index contributed by atoms with van der Waals surface area (Å²) < 4.78 is 1.84. The lowest BCUT2D eigenvalue weighted by Gasteiger charge is -2.07. The van der Waals surface area contributed by atoms with Crippen LogP contribution in [0.25, 0.3) is 10.9 Å². The van der Waals surface area contributed by atoms with E-state index in [9.17, 15) is 9.90 Å². The molecule has 0 saturated carbocycles. The molecule has 0 fully saturated rings.